The monoisotopic (exact) mass is 432 g/mol. The molecular weight excluding hydrogens is 408 g/mol. The Balaban J connectivity index is 1.36. The smallest absolute Gasteiger partial charge is 0.218 e. The van der Waals surface area contributed by atoms with Gasteiger partial charge in [-0.05, 0) is 28.7 Å². The van der Waals surface area contributed by atoms with Crippen molar-refractivity contribution in [1.82, 2.24) is 9.21 Å². The molecule has 0 aromatic heterocycles. The summed E-state index contributed by atoms with van der Waals surface area (Å²) in [6, 6.07) is 17.0. The van der Waals surface area contributed by atoms with Gasteiger partial charge in [-0.3, -0.25) is 4.90 Å². The standard InChI is InChI=1S/C21H24N2O4S2/c24-28(25)14-9-16(15-28)29(26,27)23-12-10-22(11-13-23)21-19-7-3-1-5-17(19)18-6-2-4-8-20(18)21/h1-8,16,21H,9-15H2. The van der Waals surface area contributed by atoms with Crippen LogP contribution in [0, 0.1) is 0 Å². The summed E-state index contributed by atoms with van der Waals surface area (Å²) < 4.78 is 50.9. The van der Waals surface area contributed by atoms with Gasteiger partial charge in [0, 0.05) is 26.2 Å². The Kier molecular flexibility index (Phi) is 4.58. The number of sulfone groups is 1. The van der Waals surface area contributed by atoms with Gasteiger partial charge in [0.2, 0.25) is 10.0 Å². The SMILES string of the molecule is O=S1(=O)CCC(S(=O)(=O)N2CCN(C3c4ccccc4-c4ccccc43)CC2)C1. The molecule has 0 spiro atoms. The highest BCUT2D eigenvalue weighted by molar-refractivity contribution is 7.95. The van der Waals surface area contributed by atoms with Gasteiger partial charge in [-0.15, -0.1) is 0 Å². The lowest BCUT2D eigenvalue weighted by atomic mass is 10.0. The number of fused-ring (bicyclic) bond motifs is 3. The first kappa shape index (κ1) is 19.2. The van der Waals surface area contributed by atoms with Crippen LogP contribution in [0.2, 0.25) is 0 Å². The van der Waals surface area contributed by atoms with Crippen molar-refractivity contribution in [3.63, 3.8) is 0 Å². The van der Waals surface area contributed by atoms with Crippen molar-refractivity contribution in [3.05, 3.63) is 59.7 Å². The second-order valence-electron chi connectivity index (χ2n) is 8.08. The molecule has 6 nitrogen and oxygen atoms in total. The van der Waals surface area contributed by atoms with Crippen LogP contribution in [-0.4, -0.2) is 69.0 Å². The van der Waals surface area contributed by atoms with Crippen LogP contribution in [-0.2, 0) is 19.9 Å². The van der Waals surface area contributed by atoms with Gasteiger partial charge >= 0.3 is 0 Å². The van der Waals surface area contributed by atoms with E-state index >= 15 is 0 Å². The first-order valence-corrected chi connectivity index (χ1v) is 13.3. The molecule has 8 heteroatoms. The summed E-state index contributed by atoms with van der Waals surface area (Å²) >= 11 is 0. The van der Waals surface area contributed by atoms with E-state index in [9.17, 15) is 16.8 Å². The van der Waals surface area contributed by atoms with Crippen LogP contribution in [0.1, 0.15) is 23.6 Å². The second kappa shape index (κ2) is 6.91. The third-order valence-corrected chi connectivity index (χ3v) is 10.7. The van der Waals surface area contributed by atoms with Gasteiger partial charge in [-0.25, -0.2) is 16.8 Å². The van der Waals surface area contributed by atoms with Gasteiger partial charge in [-0.2, -0.15) is 4.31 Å². The van der Waals surface area contributed by atoms with E-state index in [2.05, 4.69) is 53.4 Å². The molecule has 1 aliphatic carbocycles. The van der Waals surface area contributed by atoms with E-state index in [1.807, 2.05) is 0 Å². The van der Waals surface area contributed by atoms with Crippen molar-refractivity contribution < 1.29 is 16.8 Å². The fourth-order valence-corrected chi connectivity index (χ4v) is 9.46. The lowest BCUT2D eigenvalue weighted by Gasteiger charge is -2.38. The predicted octanol–water partition coefficient (Wildman–Crippen LogP) is 1.89. The van der Waals surface area contributed by atoms with E-state index in [4.69, 9.17) is 0 Å². The Labute approximate surface area is 172 Å². The maximum Gasteiger partial charge on any atom is 0.218 e. The zero-order valence-corrected chi connectivity index (χ0v) is 17.7. The van der Waals surface area contributed by atoms with Crippen LogP contribution in [0.3, 0.4) is 0 Å². The van der Waals surface area contributed by atoms with E-state index < -0.39 is 25.1 Å². The van der Waals surface area contributed by atoms with Crippen LogP contribution in [0.15, 0.2) is 48.5 Å². The van der Waals surface area contributed by atoms with Crippen LogP contribution < -0.4 is 0 Å². The van der Waals surface area contributed by atoms with Crippen molar-refractivity contribution in [2.45, 2.75) is 17.7 Å². The fourth-order valence-electron chi connectivity index (χ4n) is 4.95. The Hall–Kier alpha value is -1.74. The Bertz CT molecular complexity index is 1110. The van der Waals surface area contributed by atoms with Gasteiger partial charge in [0.25, 0.3) is 0 Å². The minimum Gasteiger partial charge on any atom is -0.290 e. The minimum absolute atomic E-state index is 0.0213. The Morgan fingerprint density at radius 3 is 1.90 bits per heavy atom. The molecule has 1 atom stereocenters. The lowest BCUT2D eigenvalue weighted by molar-refractivity contribution is 0.157. The van der Waals surface area contributed by atoms with Gasteiger partial charge in [0.05, 0.1) is 22.8 Å². The number of nitrogens with zero attached hydrogens (tertiary/aromatic N) is 2. The summed E-state index contributed by atoms with van der Waals surface area (Å²) in [6.45, 7) is 2.07. The summed E-state index contributed by atoms with van der Waals surface area (Å²) in [5.74, 6) is -0.259. The topological polar surface area (TPSA) is 74.8 Å². The summed E-state index contributed by atoms with van der Waals surface area (Å²) in [4.78, 5) is 2.35. The predicted molar refractivity (Wildman–Crippen MR) is 113 cm³/mol. The third-order valence-electron chi connectivity index (χ3n) is 6.41. The highest BCUT2D eigenvalue weighted by Gasteiger charge is 2.42. The molecule has 29 heavy (non-hydrogen) atoms. The van der Waals surface area contributed by atoms with Crippen LogP contribution in [0.25, 0.3) is 11.1 Å². The first-order chi connectivity index (χ1) is 13.9. The number of piperazine rings is 1. The molecule has 0 N–H and O–H groups in total. The highest BCUT2D eigenvalue weighted by Crippen LogP contribution is 2.46. The molecular formula is C21H24N2O4S2. The number of hydrogen-bond acceptors (Lipinski definition) is 5. The van der Waals surface area contributed by atoms with Crippen molar-refractivity contribution >= 4 is 19.9 Å². The van der Waals surface area contributed by atoms with Crippen molar-refractivity contribution in [2.75, 3.05) is 37.7 Å². The molecule has 0 bridgehead atoms. The van der Waals surface area contributed by atoms with Crippen LogP contribution in [0.4, 0.5) is 0 Å². The number of benzene rings is 2. The molecule has 0 saturated carbocycles. The molecule has 0 radical (unpaired) electrons. The molecule has 2 aliphatic heterocycles. The maximum atomic E-state index is 12.9. The molecule has 2 fully saturated rings. The van der Waals surface area contributed by atoms with Crippen LogP contribution >= 0.6 is 0 Å². The summed E-state index contributed by atoms with van der Waals surface area (Å²) in [5.41, 5.74) is 5.04. The van der Waals surface area contributed by atoms with E-state index in [1.54, 1.807) is 0 Å². The maximum absolute atomic E-state index is 12.9. The van der Waals surface area contributed by atoms with Crippen molar-refractivity contribution in [1.29, 1.82) is 0 Å². The Morgan fingerprint density at radius 1 is 0.828 bits per heavy atom. The van der Waals surface area contributed by atoms with Gasteiger partial charge in [0.15, 0.2) is 9.84 Å². The molecule has 154 valence electrons. The molecule has 0 amide bonds. The third kappa shape index (κ3) is 3.22. The molecule has 2 saturated heterocycles. The Morgan fingerprint density at radius 2 is 1.38 bits per heavy atom. The minimum atomic E-state index is -3.57. The quantitative estimate of drug-likeness (QED) is 0.741. The summed E-state index contributed by atoms with van der Waals surface area (Å²) in [6.07, 6.45) is 0.217. The molecule has 1 unspecified atom stereocenters. The van der Waals surface area contributed by atoms with Crippen molar-refractivity contribution in [2.24, 2.45) is 0 Å². The van der Waals surface area contributed by atoms with Gasteiger partial charge in [0.1, 0.15) is 0 Å². The van der Waals surface area contributed by atoms with E-state index in [0.717, 1.165) is 0 Å². The molecule has 2 aromatic rings. The fraction of sp³-hybridized carbons (Fsp3) is 0.429. The first-order valence-electron chi connectivity index (χ1n) is 9.98. The number of rotatable bonds is 3. The van der Waals surface area contributed by atoms with E-state index in [-0.39, 0.29) is 24.0 Å². The molecule has 2 aromatic carbocycles. The normalized spacial score (nSPS) is 25.0. The zero-order chi connectivity index (χ0) is 20.2. The zero-order valence-electron chi connectivity index (χ0n) is 16.1. The molecule has 3 aliphatic rings. The second-order valence-corrected chi connectivity index (χ2v) is 12.5. The largest absolute Gasteiger partial charge is 0.290 e. The van der Waals surface area contributed by atoms with Crippen LogP contribution in [0.5, 0.6) is 0 Å². The average Bonchev–Trinajstić information content (AvgIpc) is 3.26. The van der Waals surface area contributed by atoms with Gasteiger partial charge < -0.3 is 0 Å². The average molecular weight is 433 g/mol. The number of hydrogen-bond donors (Lipinski definition) is 0. The lowest BCUT2D eigenvalue weighted by Crippen LogP contribution is -2.52. The summed E-state index contributed by atoms with van der Waals surface area (Å²) in [5, 5.41) is -0.785. The molecule has 2 heterocycles. The van der Waals surface area contributed by atoms with Gasteiger partial charge in [-0.1, -0.05) is 48.5 Å². The summed E-state index contributed by atoms with van der Waals surface area (Å²) in [7, 11) is -6.80. The molecule has 5 rings (SSSR count). The van der Waals surface area contributed by atoms with E-state index in [1.165, 1.54) is 26.6 Å². The van der Waals surface area contributed by atoms with E-state index in [0.29, 0.717) is 26.2 Å². The number of sulfonamides is 1. The highest BCUT2D eigenvalue weighted by atomic mass is 32.2. The van der Waals surface area contributed by atoms with Crippen molar-refractivity contribution in [3.8, 4) is 11.1 Å².